The maximum atomic E-state index is 8.79. The fourth-order valence-electron chi connectivity index (χ4n) is 1.08. The summed E-state index contributed by atoms with van der Waals surface area (Å²) in [4.78, 5) is 4.17. The largest absolute Gasteiger partial charge is 0.258 e. The van der Waals surface area contributed by atoms with E-state index in [1.165, 1.54) is 0 Å². The second-order valence-electron chi connectivity index (χ2n) is 2.69. The van der Waals surface area contributed by atoms with Gasteiger partial charge in [0.1, 0.15) is 5.92 Å². The average molecular weight is 260 g/mol. The van der Waals surface area contributed by atoms with Crippen molar-refractivity contribution in [3.8, 4) is 6.07 Å². The lowest BCUT2D eigenvalue weighted by Crippen LogP contribution is -2.02. The lowest BCUT2D eigenvalue weighted by atomic mass is 10.0. The van der Waals surface area contributed by atoms with Crippen LogP contribution < -0.4 is 0 Å². The van der Waals surface area contributed by atoms with Gasteiger partial charge in [-0.2, -0.15) is 5.26 Å². The fourth-order valence-corrected chi connectivity index (χ4v) is 1.75. The Morgan fingerprint density at radius 3 is 2.92 bits per heavy atom. The van der Waals surface area contributed by atoms with E-state index in [2.05, 4.69) is 27.0 Å². The molecule has 0 aliphatic carbocycles. The van der Waals surface area contributed by atoms with Crippen molar-refractivity contribution in [2.75, 3.05) is 5.88 Å². The Balaban J connectivity index is 3.09. The highest BCUT2D eigenvalue weighted by atomic mass is 79.9. The van der Waals surface area contributed by atoms with Gasteiger partial charge >= 0.3 is 0 Å². The van der Waals surface area contributed by atoms with Gasteiger partial charge in [-0.25, -0.2) is 0 Å². The topological polar surface area (TPSA) is 36.7 Å². The third-order valence-corrected chi connectivity index (χ3v) is 2.47. The summed E-state index contributed by atoms with van der Waals surface area (Å²) in [6.45, 7) is 1.92. The summed E-state index contributed by atoms with van der Waals surface area (Å²) in [7, 11) is 0. The van der Waals surface area contributed by atoms with Gasteiger partial charge in [0.15, 0.2) is 0 Å². The van der Waals surface area contributed by atoms with Crippen molar-refractivity contribution < 1.29 is 0 Å². The zero-order chi connectivity index (χ0) is 9.84. The van der Waals surface area contributed by atoms with Crippen LogP contribution in [0.4, 0.5) is 0 Å². The van der Waals surface area contributed by atoms with Crippen LogP contribution in [0, 0.1) is 18.3 Å². The minimum atomic E-state index is -0.310. The molecule has 1 heterocycles. The summed E-state index contributed by atoms with van der Waals surface area (Å²) in [5.41, 5.74) is 1.75. The first kappa shape index (κ1) is 10.5. The van der Waals surface area contributed by atoms with E-state index in [1.807, 2.05) is 13.0 Å². The predicted molar refractivity (Wildman–Crippen MR) is 55.7 cm³/mol. The standard InChI is InChI=1S/C9H8BrClN2/c1-6-2-8(10)5-13-9(6)7(3-11)4-12/h2,5,7H,3H2,1H3. The zero-order valence-corrected chi connectivity index (χ0v) is 9.43. The Morgan fingerprint density at radius 2 is 2.46 bits per heavy atom. The number of alkyl halides is 1. The van der Waals surface area contributed by atoms with Gasteiger partial charge in [0.25, 0.3) is 0 Å². The van der Waals surface area contributed by atoms with Gasteiger partial charge in [-0.15, -0.1) is 11.6 Å². The van der Waals surface area contributed by atoms with E-state index in [4.69, 9.17) is 16.9 Å². The Hall–Kier alpha value is -0.590. The molecule has 0 saturated heterocycles. The van der Waals surface area contributed by atoms with Gasteiger partial charge in [0.2, 0.25) is 0 Å². The minimum Gasteiger partial charge on any atom is -0.258 e. The van der Waals surface area contributed by atoms with Crippen molar-refractivity contribution >= 4 is 27.5 Å². The Kier molecular flexibility index (Phi) is 3.71. The molecule has 0 N–H and O–H groups in total. The van der Waals surface area contributed by atoms with Crippen molar-refractivity contribution in [3.05, 3.63) is 28.0 Å². The van der Waals surface area contributed by atoms with Gasteiger partial charge in [-0.3, -0.25) is 4.98 Å². The summed E-state index contributed by atoms with van der Waals surface area (Å²) in [6.07, 6.45) is 1.68. The fraction of sp³-hybridized carbons (Fsp3) is 0.333. The molecule has 0 bridgehead atoms. The third kappa shape index (κ3) is 2.43. The Morgan fingerprint density at radius 1 is 1.77 bits per heavy atom. The molecule has 4 heteroatoms. The predicted octanol–water partition coefficient (Wildman–Crippen LogP) is 3.00. The number of pyridine rings is 1. The van der Waals surface area contributed by atoms with Crippen molar-refractivity contribution in [3.63, 3.8) is 0 Å². The second-order valence-corrected chi connectivity index (χ2v) is 3.92. The Labute approximate surface area is 90.7 Å². The molecule has 68 valence electrons. The highest BCUT2D eigenvalue weighted by Crippen LogP contribution is 2.20. The maximum absolute atomic E-state index is 8.79. The lowest BCUT2D eigenvalue weighted by Gasteiger charge is -2.07. The molecule has 0 aliphatic rings. The van der Waals surface area contributed by atoms with E-state index < -0.39 is 0 Å². The highest BCUT2D eigenvalue weighted by Gasteiger charge is 2.13. The molecule has 1 aromatic heterocycles. The van der Waals surface area contributed by atoms with Crippen LogP contribution in [0.5, 0.6) is 0 Å². The lowest BCUT2D eigenvalue weighted by molar-refractivity contribution is 0.908. The van der Waals surface area contributed by atoms with Gasteiger partial charge in [-0.05, 0) is 34.5 Å². The molecule has 0 spiro atoms. The first-order valence-electron chi connectivity index (χ1n) is 3.76. The van der Waals surface area contributed by atoms with Gasteiger partial charge in [0.05, 0.1) is 11.8 Å². The van der Waals surface area contributed by atoms with Gasteiger partial charge < -0.3 is 0 Å². The van der Waals surface area contributed by atoms with Crippen molar-refractivity contribution in [2.45, 2.75) is 12.8 Å². The molecule has 0 fully saturated rings. The van der Waals surface area contributed by atoms with Crippen LogP contribution in [0.2, 0.25) is 0 Å². The number of hydrogen-bond acceptors (Lipinski definition) is 2. The summed E-state index contributed by atoms with van der Waals surface area (Å²) in [6, 6.07) is 4.05. The van der Waals surface area contributed by atoms with Crippen molar-refractivity contribution in [2.24, 2.45) is 0 Å². The van der Waals surface area contributed by atoms with Crippen molar-refractivity contribution in [1.82, 2.24) is 4.98 Å². The molecular formula is C9H8BrClN2. The molecule has 1 unspecified atom stereocenters. The molecule has 0 saturated carbocycles. The molecule has 1 atom stereocenters. The minimum absolute atomic E-state index is 0.284. The molecule has 1 rings (SSSR count). The van der Waals surface area contributed by atoms with E-state index >= 15 is 0 Å². The van der Waals surface area contributed by atoms with Crippen LogP contribution in [0.25, 0.3) is 0 Å². The molecule has 13 heavy (non-hydrogen) atoms. The van der Waals surface area contributed by atoms with Crippen LogP contribution in [0.3, 0.4) is 0 Å². The van der Waals surface area contributed by atoms with Crippen molar-refractivity contribution in [1.29, 1.82) is 5.26 Å². The number of halogens is 2. The van der Waals surface area contributed by atoms with Gasteiger partial charge in [0, 0.05) is 16.5 Å². The molecule has 0 aliphatic heterocycles. The van der Waals surface area contributed by atoms with Crippen LogP contribution in [-0.4, -0.2) is 10.9 Å². The first-order chi connectivity index (χ1) is 6.19. The molecule has 0 radical (unpaired) electrons. The molecule has 0 aromatic carbocycles. The number of nitriles is 1. The zero-order valence-electron chi connectivity index (χ0n) is 7.09. The van der Waals surface area contributed by atoms with E-state index in [-0.39, 0.29) is 11.8 Å². The first-order valence-corrected chi connectivity index (χ1v) is 5.09. The average Bonchev–Trinajstić information content (AvgIpc) is 2.10. The van der Waals surface area contributed by atoms with Gasteiger partial charge in [-0.1, -0.05) is 0 Å². The maximum Gasteiger partial charge on any atom is 0.102 e. The second kappa shape index (κ2) is 4.59. The smallest absolute Gasteiger partial charge is 0.102 e. The number of aromatic nitrogens is 1. The molecular weight excluding hydrogens is 251 g/mol. The number of nitrogens with zero attached hydrogens (tertiary/aromatic N) is 2. The van der Waals surface area contributed by atoms with E-state index in [1.54, 1.807) is 6.20 Å². The van der Waals surface area contributed by atoms with Crippen LogP contribution in [-0.2, 0) is 0 Å². The van der Waals surface area contributed by atoms with E-state index in [0.29, 0.717) is 0 Å². The van der Waals surface area contributed by atoms with E-state index in [9.17, 15) is 0 Å². The quantitative estimate of drug-likeness (QED) is 0.766. The summed E-state index contributed by atoms with van der Waals surface area (Å²) >= 11 is 8.95. The van der Waals surface area contributed by atoms with Crippen LogP contribution >= 0.6 is 27.5 Å². The summed E-state index contributed by atoms with van der Waals surface area (Å²) in [5, 5.41) is 8.79. The van der Waals surface area contributed by atoms with Crippen LogP contribution in [0.15, 0.2) is 16.7 Å². The van der Waals surface area contributed by atoms with Crippen LogP contribution in [0.1, 0.15) is 17.2 Å². The summed E-state index contributed by atoms with van der Waals surface area (Å²) in [5.74, 6) is -0.0267. The number of rotatable bonds is 2. The molecule has 0 amide bonds. The Bertz CT molecular complexity index is 346. The monoisotopic (exact) mass is 258 g/mol. The number of hydrogen-bond donors (Lipinski definition) is 0. The van der Waals surface area contributed by atoms with E-state index in [0.717, 1.165) is 15.7 Å². The third-order valence-electron chi connectivity index (χ3n) is 1.73. The number of aryl methyl sites for hydroxylation is 1. The SMILES string of the molecule is Cc1cc(Br)cnc1C(C#N)CCl. The normalized spacial score (nSPS) is 12.2. The molecule has 1 aromatic rings. The highest BCUT2D eigenvalue weighted by molar-refractivity contribution is 9.10. The summed E-state index contributed by atoms with van der Waals surface area (Å²) < 4.78 is 0.917. The molecule has 2 nitrogen and oxygen atoms in total.